The number of hydrogen-bond donors (Lipinski definition) is 2. The third kappa shape index (κ3) is 7.77. The monoisotopic (exact) mass is 546 g/mol. The molecule has 0 spiro atoms. The fraction of sp³-hybridized carbons (Fsp3) is 0.381. The van der Waals surface area contributed by atoms with Crippen LogP contribution in [0.4, 0.5) is 0 Å². The Balaban J connectivity index is 0.00000450. The number of halogens is 1. The molecule has 2 aromatic rings. The number of benzene rings is 2. The molecule has 30 heavy (non-hydrogen) atoms. The summed E-state index contributed by atoms with van der Waals surface area (Å²) >= 11 is 0. The van der Waals surface area contributed by atoms with E-state index in [1.54, 1.807) is 24.3 Å². The van der Waals surface area contributed by atoms with Crippen LogP contribution in [0.2, 0.25) is 0 Å². The van der Waals surface area contributed by atoms with E-state index in [0.717, 1.165) is 29.4 Å². The fourth-order valence-corrected chi connectivity index (χ4v) is 3.46. The Morgan fingerprint density at radius 1 is 1.03 bits per heavy atom. The maximum atomic E-state index is 11.8. The molecule has 0 radical (unpaired) electrons. The number of aliphatic imine (C=N–C) groups is 1. The zero-order chi connectivity index (χ0) is 21.3. The van der Waals surface area contributed by atoms with E-state index in [9.17, 15) is 8.42 Å². The summed E-state index contributed by atoms with van der Waals surface area (Å²) in [5.74, 6) is 1.65. The van der Waals surface area contributed by atoms with Gasteiger partial charge in [-0.2, -0.15) is 0 Å². The van der Waals surface area contributed by atoms with Crippen molar-refractivity contribution in [2.45, 2.75) is 31.8 Å². The molecule has 0 saturated heterocycles. The summed E-state index contributed by atoms with van der Waals surface area (Å²) in [6, 6.07) is 14.8. The molecule has 0 heterocycles. The quantitative estimate of drug-likeness (QED) is 0.287. The van der Waals surface area contributed by atoms with Crippen LogP contribution in [-0.4, -0.2) is 46.5 Å². The van der Waals surface area contributed by atoms with Gasteiger partial charge in [-0.3, -0.25) is 0 Å². The van der Waals surface area contributed by atoms with Crippen molar-refractivity contribution in [3.8, 4) is 5.75 Å². The molecule has 0 aliphatic carbocycles. The summed E-state index contributed by atoms with van der Waals surface area (Å²) in [5, 5.41) is 3.29. The van der Waals surface area contributed by atoms with Gasteiger partial charge in [0.25, 0.3) is 0 Å². The average Bonchev–Trinajstić information content (AvgIpc) is 2.73. The van der Waals surface area contributed by atoms with E-state index in [-0.39, 0.29) is 28.9 Å². The van der Waals surface area contributed by atoms with Crippen LogP contribution in [0.25, 0.3) is 0 Å². The molecule has 0 unspecified atom stereocenters. The third-order valence-electron chi connectivity index (χ3n) is 4.26. The molecule has 166 valence electrons. The van der Waals surface area contributed by atoms with Crippen molar-refractivity contribution in [2.24, 2.45) is 4.99 Å². The minimum Gasteiger partial charge on any atom is -0.494 e. The van der Waals surface area contributed by atoms with E-state index in [0.29, 0.717) is 19.7 Å². The van der Waals surface area contributed by atoms with Crippen LogP contribution in [-0.2, 0) is 23.1 Å². The minimum absolute atomic E-state index is 0. The van der Waals surface area contributed by atoms with Gasteiger partial charge in [0.2, 0.25) is 10.0 Å². The van der Waals surface area contributed by atoms with E-state index < -0.39 is 10.0 Å². The number of sulfonamides is 1. The summed E-state index contributed by atoms with van der Waals surface area (Å²) in [5.41, 5.74) is 2.09. The van der Waals surface area contributed by atoms with E-state index in [1.807, 2.05) is 45.2 Å². The van der Waals surface area contributed by atoms with Crippen LogP contribution in [0.5, 0.6) is 5.75 Å². The Kier molecular flexibility index (Phi) is 11.1. The first-order chi connectivity index (χ1) is 13.9. The highest BCUT2D eigenvalue weighted by atomic mass is 127. The highest BCUT2D eigenvalue weighted by molar-refractivity contribution is 14.0. The molecule has 0 amide bonds. The molecule has 0 atom stereocenters. The minimum atomic E-state index is -3.43. The summed E-state index contributed by atoms with van der Waals surface area (Å²) in [7, 11) is -0.0392. The second-order valence-electron chi connectivity index (χ2n) is 6.45. The van der Waals surface area contributed by atoms with Gasteiger partial charge in [-0.25, -0.2) is 18.1 Å². The largest absolute Gasteiger partial charge is 0.494 e. The highest BCUT2D eigenvalue weighted by Crippen LogP contribution is 2.14. The maximum absolute atomic E-state index is 11.8. The summed E-state index contributed by atoms with van der Waals surface area (Å²) in [6.07, 6.45) is 0. The molecule has 0 aliphatic heterocycles. The molecule has 0 aromatic heterocycles. The average molecular weight is 546 g/mol. The van der Waals surface area contributed by atoms with E-state index in [1.165, 1.54) is 7.05 Å². The zero-order valence-electron chi connectivity index (χ0n) is 17.9. The first kappa shape index (κ1) is 26.2. The molecule has 2 rings (SSSR count). The number of rotatable bonds is 9. The SMILES string of the molecule is CCNC(=NCc1ccc(S(=O)(=O)NC)cc1)N(C)Cc1ccc(OCC)cc1.I. The first-order valence-electron chi connectivity index (χ1n) is 9.63. The smallest absolute Gasteiger partial charge is 0.240 e. The van der Waals surface area contributed by atoms with Crippen molar-refractivity contribution in [1.29, 1.82) is 0 Å². The maximum Gasteiger partial charge on any atom is 0.240 e. The molecule has 2 N–H and O–H groups in total. The van der Waals surface area contributed by atoms with Crippen molar-refractivity contribution in [3.05, 3.63) is 59.7 Å². The van der Waals surface area contributed by atoms with Gasteiger partial charge in [-0.05, 0) is 56.3 Å². The van der Waals surface area contributed by atoms with Gasteiger partial charge in [0.05, 0.1) is 18.0 Å². The van der Waals surface area contributed by atoms with Crippen LogP contribution in [0.3, 0.4) is 0 Å². The van der Waals surface area contributed by atoms with Crippen LogP contribution >= 0.6 is 24.0 Å². The Bertz CT molecular complexity index is 901. The number of nitrogens with one attached hydrogen (secondary N) is 2. The standard InChI is InChI=1S/C21H30N4O3S.HI/c1-5-23-21(25(4)16-18-7-11-19(12-8-18)28-6-2)24-15-17-9-13-20(14-10-17)29(26,27)22-3;/h7-14,22H,5-6,15-16H2,1-4H3,(H,23,24);1H. The van der Waals surface area contributed by atoms with Gasteiger partial charge in [-0.15, -0.1) is 24.0 Å². The lowest BCUT2D eigenvalue weighted by molar-refractivity contribution is 0.340. The van der Waals surface area contributed by atoms with Crippen molar-refractivity contribution >= 4 is 40.0 Å². The normalized spacial score (nSPS) is 11.5. The highest BCUT2D eigenvalue weighted by Gasteiger charge is 2.11. The molecule has 0 bridgehead atoms. The van der Waals surface area contributed by atoms with Crippen molar-refractivity contribution in [1.82, 2.24) is 14.9 Å². The first-order valence-corrected chi connectivity index (χ1v) is 11.1. The topological polar surface area (TPSA) is 83.0 Å². The summed E-state index contributed by atoms with van der Waals surface area (Å²) in [4.78, 5) is 6.98. The molecule has 9 heteroatoms. The lowest BCUT2D eigenvalue weighted by Gasteiger charge is -2.22. The molecular formula is C21H31IN4O3S. The van der Waals surface area contributed by atoms with E-state index >= 15 is 0 Å². The second-order valence-corrected chi connectivity index (χ2v) is 8.34. The van der Waals surface area contributed by atoms with E-state index in [2.05, 4.69) is 19.9 Å². The Morgan fingerprint density at radius 3 is 2.17 bits per heavy atom. The number of ether oxygens (including phenoxy) is 1. The molecule has 7 nitrogen and oxygen atoms in total. The lowest BCUT2D eigenvalue weighted by atomic mass is 10.2. The van der Waals surface area contributed by atoms with Gasteiger partial charge < -0.3 is 15.0 Å². The molecular weight excluding hydrogens is 515 g/mol. The Hall–Kier alpha value is -1.85. The van der Waals surface area contributed by atoms with Crippen LogP contribution in [0.1, 0.15) is 25.0 Å². The van der Waals surface area contributed by atoms with Gasteiger partial charge in [0.15, 0.2) is 5.96 Å². The predicted octanol–water partition coefficient (Wildman–Crippen LogP) is 3.21. The third-order valence-corrected chi connectivity index (χ3v) is 5.69. The number of guanidine groups is 1. The van der Waals surface area contributed by atoms with Crippen LogP contribution in [0, 0.1) is 0 Å². The Labute approximate surface area is 197 Å². The summed E-state index contributed by atoms with van der Waals surface area (Å²) in [6.45, 7) is 6.56. The van der Waals surface area contributed by atoms with E-state index in [4.69, 9.17) is 4.74 Å². The van der Waals surface area contributed by atoms with Crippen molar-refractivity contribution < 1.29 is 13.2 Å². The zero-order valence-corrected chi connectivity index (χ0v) is 21.0. The molecule has 0 fully saturated rings. The van der Waals surface area contributed by atoms with Crippen molar-refractivity contribution in [2.75, 3.05) is 27.2 Å². The van der Waals surface area contributed by atoms with Gasteiger partial charge in [-0.1, -0.05) is 24.3 Å². The summed E-state index contributed by atoms with van der Waals surface area (Å²) < 4.78 is 31.4. The number of hydrogen-bond acceptors (Lipinski definition) is 4. The molecule has 0 saturated carbocycles. The van der Waals surface area contributed by atoms with Crippen LogP contribution < -0.4 is 14.8 Å². The lowest BCUT2D eigenvalue weighted by Crippen LogP contribution is -2.38. The second kappa shape index (κ2) is 12.8. The molecule has 2 aromatic carbocycles. The van der Waals surface area contributed by atoms with Gasteiger partial charge >= 0.3 is 0 Å². The van der Waals surface area contributed by atoms with Gasteiger partial charge in [0.1, 0.15) is 5.75 Å². The van der Waals surface area contributed by atoms with Crippen LogP contribution in [0.15, 0.2) is 58.4 Å². The fourth-order valence-electron chi connectivity index (χ4n) is 2.73. The molecule has 0 aliphatic rings. The number of nitrogens with zero attached hydrogens (tertiary/aromatic N) is 2. The predicted molar refractivity (Wildman–Crippen MR) is 132 cm³/mol. The Morgan fingerprint density at radius 2 is 1.63 bits per heavy atom. The van der Waals surface area contributed by atoms with Crippen molar-refractivity contribution in [3.63, 3.8) is 0 Å². The van der Waals surface area contributed by atoms with Gasteiger partial charge in [0, 0.05) is 20.1 Å².